The molecule has 1 saturated heterocycles. The number of pyridine rings is 1. The van der Waals surface area contributed by atoms with E-state index in [9.17, 15) is 17.6 Å². The van der Waals surface area contributed by atoms with E-state index in [0.717, 1.165) is 12.4 Å². The van der Waals surface area contributed by atoms with E-state index in [1.807, 2.05) is 6.92 Å². The van der Waals surface area contributed by atoms with Gasteiger partial charge >= 0.3 is 6.18 Å². The van der Waals surface area contributed by atoms with Gasteiger partial charge in [-0.15, -0.1) is 0 Å². The number of piperazine rings is 1. The van der Waals surface area contributed by atoms with Crippen LogP contribution < -0.4 is 4.90 Å². The lowest BCUT2D eigenvalue weighted by molar-refractivity contribution is -0.141. The van der Waals surface area contributed by atoms with Gasteiger partial charge in [-0.2, -0.15) is 13.2 Å². The minimum Gasteiger partial charge on any atom is -0.354 e. The second-order valence-corrected chi connectivity index (χ2v) is 5.99. The lowest BCUT2D eigenvalue weighted by Crippen LogP contribution is -2.51. The molecule has 0 amide bonds. The normalized spacial score (nSPS) is 19.2. The zero-order chi connectivity index (χ0) is 18.0. The highest BCUT2D eigenvalue weighted by molar-refractivity contribution is 5.40. The highest BCUT2D eigenvalue weighted by atomic mass is 19.4. The molecule has 5 nitrogen and oxygen atoms in total. The molecule has 1 aliphatic rings. The average molecular weight is 355 g/mol. The minimum atomic E-state index is -4.50. The third kappa shape index (κ3) is 4.04. The number of rotatable bonds is 3. The van der Waals surface area contributed by atoms with Crippen molar-refractivity contribution in [3.05, 3.63) is 47.9 Å². The maximum absolute atomic E-state index is 13.7. The molecule has 25 heavy (non-hydrogen) atoms. The largest absolute Gasteiger partial charge is 0.433 e. The summed E-state index contributed by atoms with van der Waals surface area (Å²) in [5.41, 5.74) is -0.400. The number of hydrogen-bond acceptors (Lipinski definition) is 5. The van der Waals surface area contributed by atoms with Gasteiger partial charge in [0.25, 0.3) is 0 Å². The third-order valence-electron chi connectivity index (χ3n) is 4.26. The van der Waals surface area contributed by atoms with Crippen LogP contribution in [0.2, 0.25) is 0 Å². The molecule has 0 spiro atoms. The quantitative estimate of drug-likeness (QED) is 0.793. The van der Waals surface area contributed by atoms with Crippen LogP contribution in [-0.4, -0.2) is 45.5 Å². The van der Waals surface area contributed by atoms with Crippen molar-refractivity contribution in [2.45, 2.75) is 25.7 Å². The molecule has 2 aromatic rings. The van der Waals surface area contributed by atoms with Gasteiger partial charge in [-0.3, -0.25) is 9.88 Å². The van der Waals surface area contributed by atoms with E-state index in [1.165, 1.54) is 6.20 Å². The number of anilines is 1. The molecule has 9 heteroatoms. The van der Waals surface area contributed by atoms with Crippen molar-refractivity contribution in [2.75, 3.05) is 24.5 Å². The van der Waals surface area contributed by atoms with E-state index >= 15 is 0 Å². The number of hydrogen-bond donors (Lipinski definition) is 0. The maximum Gasteiger partial charge on any atom is 0.433 e. The molecule has 3 heterocycles. The fourth-order valence-corrected chi connectivity index (χ4v) is 2.86. The fourth-order valence-electron chi connectivity index (χ4n) is 2.86. The van der Waals surface area contributed by atoms with E-state index in [2.05, 4.69) is 19.9 Å². The van der Waals surface area contributed by atoms with E-state index in [4.69, 9.17) is 0 Å². The molecule has 0 radical (unpaired) electrons. The van der Waals surface area contributed by atoms with Gasteiger partial charge in [-0.25, -0.2) is 14.4 Å². The molecule has 3 rings (SSSR count). The van der Waals surface area contributed by atoms with Crippen molar-refractivity contribution in [1.82, 2.24) is 19.9 Å². The van der Waals surface area contributed by atoms with Gasteiger partial charge in [0.15, 0.2) is 0 Å². The Morgan fingerprint density at radius 2 is 2.04 bits per heavy atom. The van der Waals surface area contributed by atoms with E-state index in [-0.39, 0.29) is 17.7 Å². The highest BCUT2D eigenvalue weighted by Gasteiger charge is 2.34. The van der Waals surface area contributed by atoms with Crippen molar-refractivity contribution >= 4 is 5.82 Å². The molecular formula is C16H17F4N5. The Labute approximate surface area is 142 Å². The van der Waals surface area contributed by atoms with Gasteiger partial charge < -0.3 is 4.90 Å². The van der Waals surface area contributed by atoms with E-state index in [1.54, 1.807) is 17.2 Å². The van der Waals surface area contributed by atoms with Crippen molar-refractivity contribution in [3.63, 3.8) is 0 Å². The van der Waals surface area contributed by atoms with Gasteiger partial charge in [-0.1, -0.05) is 0 Å². The molecule has 1 atom stereocenters. The van der Waals surface area contributed by atoms with Crippen LogP contribution in [0.5, 0.6) is 0 Å². The number of aromatic nitrogens is 3. The molecule has 0 saturated carbocycles. The molecule has 1 unspecified atom stereocenters. The fraction of sp³-hybridized carbons (Fsp3) is 0.438. The van der Waals surface area contributed by atoms with Crippen LogP contribution in [0.3, 0.4) is 0 Å². The Morgan fingerprint density at radius 1 is 1.24 bits per heavy atom. The third-order valence-corrected chi connectivity index (χ3v) is 4.26. The summed E-state index contributed by atoms with van der Waals surface area (Å²) >= 11 is 0. The van der Waals surface area contributed by atoms with E-state index < -0.39 is 11.9 Å². The van der Waals surface area contributed by atoms with Crippen LogP contribution in [0.15, 0.2) is 30.9 Å². The lowest BCUT2D eigenvalue weighted by atomic mass is 10.1. The van der Waals surface area contributed by atoms with Crippen LogP contribution in [0.4, 0.5) is 23.4 Å². The Balaban J connectivity index is 1.69. The molecule has 0 N–H and O–H groups in total. The summed E-state index contributed by atoms with van der Waals surface area (Å²) in [6, 6.07) is 2.63. The summed E-state index contributed by atoms with van der Waals surface area (Å²) in [6.45, 7) is 3.98. The van der Waals surface area contributed by atoms with Crippen LogP contribution in [0.25, 0.3) is 0 Å². The zero-order valence-electron chi connectivity index (χ0n) is 13.5. The monoisotopic (exact) mass is 355 g/mol. The molecular weight excluding hydrogens is 338 g/mol. The van der Waals surface area contributed by atoms with Crippen molar-refractivity contribution < 1.29 is 17.6 Å². The SMILES string of the molecule is CC1CN(c2cc(C(F)(F)F)ncn2)CCN1Cc1ccncc1F. The molecule has 2 aromatic heterocycles. The first-order valence-corrected chi connectivity index (χ1v) is 7.81. The predicted octanol–water partition coefficient (Wildman–Crippen LogP) is 2.74. The second kappa shape index (κ2) is 6.91. The lowest BCUT2D eigenvalue weighted by Gasteiger charge is -2.40. The molecule has 0 bridgehead atoms. The summed E-state index contributed by atoms with van der Waals surface area (Å²) in [5, 5.41) is 0. The van der Waals surface area contributed by atoms with Gasteiger partial charge in [-0.05, 0) is 13.0 Å². The molecule has 134 valence electrons. The first-order chi connectivity index (χ1) is 11.8. The predicted molar refractivity (Wildman–Crippen MR) is 83.3 cm³/mol. The number of alkyl halides is 3. The van der Waals surface area contributed by atoms with Gasteiger partial charge in [0.2, 0.25) is 0 Å². The molecule has 1 aliphatic heterocycles. The first kappa shape index (κ1) is 17.5. The topological polar surface area (TPSA) is 45.2 Å². The van der Waals surface area contributed by atoms with Gasteiger partial charge in [0, 0.05) is 50.0 Å². The molecule has 1 fully saturated rings. The summed E-state index contributed by atoms with van der Waals surface area (Å²) in [5.74, 6) is -0.105. The summed E-state index contributed by atoms with van der Waals surface area (Å²) in [4.78, 5) is 14.9. The standard InChI is InChI=1S/C16H17F4N5/c1-11-8-25(15-6-14(16(18,19)20)22-10-23-15)5-4-24(11)9-12-2-3-21-7-13(12)17/h2-3,6-7,10-11H,4-5,8-9H2,1H3. The van der Waals surface area contributed by atoms with E-state index in [0.29, 0.717) is 31.7 Å². The highest BCUT2D eigenvalue weighted by Crippen LogP contribution is 2.29. The van der Waals surface area contributed by atoms with Crippen LogP contribution in [0.1, 0.15) is 18.2 Å². The molecule has 0 aliphatic carbocycles. The van der Waals surface area contributed by atoms with Gasteiger partial charge in [0.05, 0.1) is 6.20 Å². The zero-order valence-corrected chi connectivity index (χ0v) is 13.5. The Kier molecular flexibility index (Phi) is 4.85. The Morgan fingerprint density at radius 3 is 2.72 bits per heavy atom. The summed E-state index contributed by atoms with van der Waals surface area (Å²) in [7, 11) is 0. The second-order valence-electron chi connectivity index (χ2n) is 5.99. The number of nitrogens with zero attached hydrogens (tertiary/aromatic N) is 5. The Hall–Kier alpha value is -2.29. The first-order valence-electron chi connectivity index (χ1n) is 7.81. The van der Waals surface area contributed by atoms with Gasteiger partial charge in [0.1, 0.15) is 23.7 Å². The summed E-state index contributed by atoms with van der Waals surface area (Å²) < 4.78 is 52.1. The Bertz CT molecular complexity index is 736. The van der Waals surface area contributed by atoms with Crippen molar-refractivity contribution in [2.24, 2.45) is 0 Å². The van der Waals surface area contributed by atoms with Crippen LogP contribution >= 0.6 is 0 Å². The van der Waals surface area contributed by atoms with Crippen LogP contribution in [-0.2, 0) is 12.7 Å². The van der Waals surface area contributed by atoms with Crippen LogP contribution in [0, 0.1) is 5.82 Å². The summed E-state index contributed by atoms with van der Waals surface area (Å²) in [6.07, 6.45) is -0.847. The maximum atomic E-state index is 13.7. The number of halogens is 4. The van der Waals surface area contributed by atoms with Crippen molar-refractivity contribution in [1.29, 1.82) is 0 Å². The average Bonchev–Trinajstić information content (AvgIpc) is 2.58. The minimum absolute atomic E-state index is 0.0330. The van der Waals surface area contributed by atoms with Crippen molar-refractivity contribution in [3.8, 4) is 0 Å². The smallest absolute Gasteiger partial charge is 0.354 e. The molecule has 0 aromatic carbocycles.